The highest BCUT2D eigenvalue weighted by atomic mass is 15.6. The molecule has 0 atom stereocenters. The number of hydrogen-bond donors (Lipinski definition) is 4. The fraction of sp³-hybridized carbons (Fsp3) is 0.176. The maximum Gasteiger partial charge on any atom is 0.169 e. The number of hydrazine groups is 2. The molecule has 0 unspecified atom stereocenters. The van der Waals surface area contributed by atoms with Crippen LogP contribution in [0.4, 0.5) is 17.3 Å². The summed E-state index contributed by atoms with van der Waals surface area (Å²) in [6, 6.07) is 8.02. The van der Waals surface area contributed by atoms with Crippen LogP contribution < -0.4 is 22.1 Å². The van der Waals surface area contributed by atoms with Gasteiger partial charge in [-0.05, 0) is 34.9 Å². The molecule has 136 valence electrons. The summed E-state index contributed by atoms with van der Waals surface area (Å²) < 4.78 is 3.68. The molecule has 0 radical (unpaired) electrons. The summed E-state index contributed by atoms with van der Waals surface area (Å²) in [7, 11) is 1.89. The lowest BCUT2D eigenvalue weighted by atomic mass is 10.1. The van der Waals surface area contributed by atoms with Crippen LogP contribution in [-0.4, -0.2) is 29.8 Å². The number of rotatable bonds is 4. The van der Waals surface area contributed by atoms with E-state index in [1.54, 1.807) is 4.68 Å². The molecular weight excluding hydrogens is 344 g/mol. The molecule has 0 spiro atoms. The number of aryl methyl sites for hydroxylation is 1. The quantitative estimate of drug-likeness (QED) is 0.425. The van der Waals surface area contributed by atoms with E-state index in [2.05, 4.69) is 42.8 Å². The van der Waals surface area contributed by atoms with Crippen molar-refractivity contribution >= 4 is 28.4 Å². The second-order valence-electron chi connectivity index (χ2n) is 6.56. The lowest BCUT2D eigenvalue weighted by Gasteiger charge is -2.06. The van der Waals surface area contributed by atoms with Crippen LogP contribution in [0.5, 0.6) is 0 Å². The molecule has 0 fully saturated rings. The molecule has 0 aliphatic carbocycles. The van der Waals surface area contributed by atoms with Crippen LogP contribution in [0, 0.1) is 0 Å². The van der Waals surface area contributed by atoms with Gasteiger partial charge in [0.05, 0.1) is 23.9 Å². The average molecular weight is 362 g/mol. The zero-order chi connectivity index (χ0) is 18.4. The minimum absolute atomic E-state index is 0.478. The first-order valence-electron chi connectivity index (χ1n) is 8.52. The highest BCUT2D eigenvalue weighted by Gasteiger charge is 2.17. The van der Waals surface area contributed by atoms with E-state index in [4.69, 9.17) is 5.73 Å². The number of nitrogen functional groups attached to an aromatic ring is 1. The molecule has 0 saturated heterocycles. The number of pyridine rings is 1. The van der Waals surface area contributed by atoms with Crippen LogP contribution in [0.15, 0.2) is 36.7 Å². The van der Waals surface area contributed by atoms with Crippen molar-refractivity contribution in [3.8, 4) is 0 Å². The van der Waals surface area contributed by atoms with Gasteiger partial charge in [0, 0.05) is 19.7 Å². The zero-order valence-electron chi connectivity index (χ0n) is 14.6. The fourth-order valence-corrected chi connectivity index (χ4v) is 3.32. The van der Waals surface area contributed by atoms with Gasteiger partial charge in [0.15, 0.2) is 5.82 Å². The number of hydrogen-bond acceptors (Lipinski definition) is 8. The summed E-state index contributed by atoms with van der Waals surface area (Å²) in [4.78, 5) is 4.25. The largest absolute Gasteiger partial charge is 0.384 e. The fourth-order valence-electron chi connectivity index (χ4n) is 3.32. The predicted molar refractivity (Wildman–Crippen MR) is 102 cm³/mol. The smallest absolute Gasteiger partial charge is 0.169 e. The van der Waals surface area contributed by atoms with Gasteiger partial charge in [0.25, 0.3) is 0 Å². The second-order valence-corrected chi connectivity index (χ2v) is 6.56. The number of nitrogens with one attached hydrogen (secondary N) is 3. The van der Waals surface area contributed by atoms with Crippen molar-refractivity contribution in [2.24, 2.45) is 7.05 Å². The van der Waals surface area contributed by atoms with Crippen molar-refractivity contribution in [2.45, 2.75) is 13.0 Å². The maximum absolute atomic E-state index is 5.90. The van der Waals surface area contributed by atoms with Crippen LogP contribution in [0.2, 0.25) is 0 Å². The molecule has 4 aromatic rings. The number of benzene rings is 1. The molecule has 0 bridgehead atoms. The Kier molecular flexibility index (Phi) is 3.44. The minimum atomic E-state index is 0.478. The van der Waals surface area contributed by atoms with E-state index >= 15 is 0 Å². The molecule has 4 heterocycles. The first kappa shape index (κ1) is 15.6. The summed E-state index contributed by atoms with van der Waals surface area (Å²) in [5.41, 5.74) is 20.8. The van der Waals surface area contributed by atoms with Gasteiger partial charge < -0.3 is 11.2 Å². The van der Waals surface area contributed by atoms with Gasteiger partial charge in [-0.25, -0.2) is 9.67 Å². The maximum atomic E-state index is 5.90. The third kappa shape index (κ3) is 2.81. The second kappa shape index (κ2) is 5.95. The monoisotopic (exact) mass is 362 g/mol. The van der Waals surface area contributed by atoms with Gasteiger partial charge in [-0.3, -0.25) is 10.1 Å². The average Bonchev–Trinajstić information content (AvgIpc) is 3.36. The Labute approximate surface area is 154 Å². The van der Waals surface area contributed by atoms with E-state index in [9.17, 15) is 0 Å². The molecule has 27 heavy (non-hydrogen) atoms. The lowest BCUT2D eigenvalue weighted by molar-refractivity contribution is 0.687. The number of aromatic nitrogens is 6. The van der Waals surface area contributed by atoms with Crippen molar-refractivity contribution in [1.29, 1.82) is 0 Å². The van der Waals surface area contributed by atoms with Crippen LogP contribution in [0.1, 0.15) is 16.7 Å². The SMILES string of the molecule is Cn1nnc2cc(Cn3cc(Cc4cc(N)nc5c4NNN5)cn3)ccc21. The topological polar surface area (TPSA) is 124 Å². The normalized spacial score (nSPS) is 12.8. The Bertz CT molecular complexity index is 1140. The van der Waals surface area contributed by atoms with E-state index in [0.29, 0.717) is 24.6 Å². The summed E-state index contributed by atoms with van der Waals surface area (Å²) in [5.74, 6) is 1.18. The Morgan fingerprint density at radius 2 is 2.07 bits per heavy atom. The summed E-state index contributed by atoms with van der Waals surface area (Å²) in [6.07, 6.45) is 4.62. The third-order valence-electron chi connectivity index (χ3n) is 4.59. The predicted octanol–water partition coefficient (Wildman–Crippen LogP) is 1.04. The number of nitrogens with two attached hydrogens (primary N) is 1. The number of nitrogens with zero attached hydrogens (tertiary/aromatic N) is 6. The first-order valence-corrected chi connectivity index (χ1v) is 8.52. The van der Waals surface area contributed by atoms with Crippen molar-refractivity contribution in [2.75, 3.05) is 16.6 Å². The molecular formula is C17H18N10. The van der Waals surface area contributed by atoms with Crippen molar-refractivity contribution < 1.29 is 0 Å². The Balaban J connectivity index is 1.37. The van der Waals surface area contributed by atoms with Gasteiger partial charge in [-0.2, -0.15) is 5.10 Å². The van der Waals surface area contributed by atoms with Gasteiger partial charge in [0.2, 0.25) is 0 Å². The van der Waals surface area contributed by atoms with Gasteiger partial charge in [0.1, 0.15) is 11.3 Å². The van der Waals surface area contributed by atoms with Crippen LogP contribution in [0.25, 0.3) is 11.0 Å². The van der Waals surface area contributed by atoms with E-state index in [1.807, 2.05) is 42.3 Å². The van der Waals surface area contributed by atoms with Gasteiger partial charge in [-0.1, -0.05) is 11.3 Å². The molecule has 3 aromatic heterocycles. The molecule has 0 amide bonds. The first-order chi connectivity index (χ1) is 13.2. The zero-order valence-corrected chi connectivity index (χ0v) is 14.6. The van der Waals surface area contributed by atoms with E-state index in [1.165, 1.54) is 0 Å². The molecule has 5 N–H and O–H groups in total. The Morgan fingerprint density at radius 1 is 1.15 bits per heavy atom. The van der Waals surface area contributed by atoms with Crippen LogP contribution in [0.3, 0.4) is 0 Å². The lowest BCUT2D eigenvalue weighted by Crippen LogP contribution is -2.19. The third-order valence-corrected chi connectivity index (χ3v) is 4.59. The van der Waals surface area contributed by atoms with Crippen molar-refractivity contribution in [3.63, 3.8) is 0 Å². The molecule has 1 aliphatic rings. The molecule has 1 aromatic carbocycles. The Morgan fingerprint density at radius 3 is 3.00 bits per heavy atom. The molecule has 5 rings (SSSR count). The molecule has 1 aliphatic heterocycles. The number of fused-ring (bicyclic) bond motifs is 2. The highest BCUT2D eigenvalue weighted by Crippen LogP contribution is 2.30. The summed E-state index contributed by atoms with van der Waals surface area (Å²) in [6.45, 7) is 0.671. The molecule has 10 nitrogen and oxygen atoms in total. The van der Waals surface area contributed by atoms with E-state index < -0.39 is 0 Å². The van der Waals surface area contributed by atoms with Crippen molar-refractivity contribution in [1.82, 2.24) is 35.3 Å². The Hall–Kier alpha value is -3.66. The minimum Gasteiger partial charge on any atom is -0.384 e. The van der Waals surface area contributed by atoms with E-state index in [-0.39, 0.29) is 0 Å². The highest BCUT2D eigenvalue weighted by molar-refractivity contribution is 5.75. The van der Waals surface area contributed by atoms with Crippen LogP contribution >= 0.6 is 0 Å². The molecule has 10 heteroatoms. The van der Waals surface area contributed by atoms with Gasteiger partial charge in [-0.15, -0.1) is 10.6 Å². The van der Waals surface area contributed by atoms with Crippen LogP contribution in [-0.2, 0) is 20.0 Å². The van der Waals surface area contributed by atoms with Gasteiger partial charge >= 0.3 is 0 Å². The van der Waals surface area contributed by atoms with Crippen molar-refractivity contribution in [3.05, 3.63) is 53.3 Å². The summed E-state index contributed by atoms with van der Waals surface area (Å²) in [5, 5.41) is 12.7. The van der Waals surface area contributed by atoms with E-state index in [0.717, 1.165) is 33.4 Å². The standard InChI is InChI=1S/C17H18N10/c1-26-14-3-2-10(5-13(14)21-25-26)8-27-9-11(7-19-27)4-12-6-15(18)20-17-16(12)22-24-23-17/h2-3,5-7,9,22,24H,4,8H2,1H3,(H3,18,20,23). The molecule has 0 saturated carbocycles. The number of anilines is 3. The summed E-state index contributed by atoms with van der Waals surface area (Å²) >= 11 is 0.